The Bertz CT molecular complexity index is 674. The molecule has 0 bridgehead atoms. The molecule has 4 N–H and O–H groups in total. The van der Waals surface area contributed by atoms with E-state index in [-0.39, 0.29) is 23.7 Å². The molecular weight excluding hydrogens is 275 g/mol. The molecule has 0 aliphatic heterocycles. The lowest BCUT2D eigenvalue weighted by atomic mass is 10.1. The van der Waals surface area contributed by atoms with Crippen molar-refractivity contribution in [3.05, 3.63) is 53.3 Å². The van der Waals surface area contributed by atoms with E-state index in [4.69, 9.17) is 20.9 Å². The molecule has 2 rings (SSSR count). The molecule has 0 aliphatic carbocycles. The summed E-state index contributed by atoms with van der Waals surface area (Å²) in [6.45, 7) is 0.0510. The number of para-hydroxylation sites is 1. The maximum atomic E-state index is 13.6. The van der Waals surface area contributed by atoms with Gasteiger partial charge in [0.25, 0.3) is 5.91 Å². The molecule has 5 nitrogen and oxygen atoms in total. The Morgan fingerprint density at radius 2 is 2.05 bits per heavy atom. The number of amides is 1. The number of nitrogen functional groups attached to an aromatic ring is 1. The van der Waals surface area contributed by atoms with Crippen molar-refractivity contribution in [3.63, 3.8) is 0 Å². The summed E-state index contributed by atoms with van der Waals surface area (Å²) >= 11 is 0. The number of halogens is 1. The summed E-state index contributed by atoms with van der Waals surface area (Å²) in [7, 11) is 1.39. The number of methoxy groups -OCH3 is 1. The van der Waals surface area contributed by atoms with Crippen molar-refractivity contribution in [2.75, 3.05) is 12.8 Å². The average molecular weight is 290 g/mol. The summed E-state index contributed by atoms with van der Waals surface area (Å²) < 4.78 is 23.9. The van der Waals surface area contributed by atoms with Crippen LogP contribution in [-0.4, -0.2) is 13.0 Å². The Labute approximate surface area is 121 Å². The van der Waals surface area contributed by atoms with Gasteiger partial charge in [-0.2, -0.15) is 0 Å². The van der Waals surface area contributed by atoms with Gasteiger partial charge in [0, 0.05) is 0 Å². The molecule has 0 aliphatic rings. The van der Waals surface area contributed by atoms with E-state index < -0.39 is 11.7 Å². The van der Waals surface area contributed by atoms with E-state index in [1.807, 2.05) is 0 Å². The molecule has 6 heteroatoms. The molecule has 2 aromatic rings. The third-order valence-corrected chi connectivity index (χ3v) is 2.91. The number of rotatable bonds is 5. The van der Waals surface area contributed by atoms with Crippen LogP contribution in [0.25, 0.3) is 0 Å². The first kappa shape index (κ1) is 14.6. The molecule has 2 aromatic carbocycles. The first-order chi connectivity index (χ1) is 10.0. The largest absolute Gasteiger partial charge is 0.494 e. The van der Waals surface area contributed by atoms with Gasteiger partial charge in [-0.15, -0.1) is 0 Å². The molecule has 0 spiro atoms. The summed E-state index contributed by atoms with van der Waals surface area (Å²) in [6, 6.07) is 9.17. The second-order valence-corrected chi connectivity index (χ2v) is 4.35. The second-order valence-electron chi connectivity index (χ2n) is 4.35. The Morgan fingerprint density at radius 1 is 1.29 bits per heavy atom. The minimum Gasteiger partial charge on any atom is -0.494 e. The number of carbonyl (C=O) groups is 1. The van der Waals surface area contributed by atoms with Gasteiger partial charge in [-0.3, -0.25) is 4.79 Å². The first-order valence-electron chi connectivity index (χ1n) is 6.16. The number of nitrogens with two attached hydrogens (primary N) is 2. The third kappa shape index (κ3) is 3.22. The molecule has 0 saturated carbocycles. The van der Waals surface area contributed by atoms with Crippen LogP contribution in [0.4, 0.5) is 10.1 Å². The van der Waals surface area contributed by atoms with Crippen LogP contribution in [-0.2, 0) is 6.61 Å². The van der Waals surface area contributed by atoms with Gasteiger partial charge in [0.1, 0.15) is 6.61 Å². The highest BCUT2D eigenvalue weighted by molar-refractivity contribution is 5.97. The number of ether oxygens (including phenoxy) is 2. The monoisotopic (exact) mass is 290 g/mol. The standard InChI is InChI=1S/C15H15FN2O3/c1-20-13-6-5-9(7-11(13)16)8-21-14-10(15(18)19)3-2-4-12(14)17/h2-7H,8,17H2,1H3,(H2,18,19). The van der Waals surface area contributed by atoms with Crippen molar-refractivity contribution >= 4 is 11.6 Å². The van der Waals surface area contributed by atoms with Gasteiger partial charge in [-0.05, 0) is 29.8 Å². The Hall–Kier alpha value is -2.76. The Morgan fingerprint density at radius 3 is 2.67 bits per heavy atom. The number of hydrogen-bond donors (Lipinski definition) is 2. The zero-order valence-electron chi connectivity index (χ0n) is 11.4. The van der Waals surface area contributed by atoms with E-state index in [1.54, 1.807) is 18.2 Å². The summed E-state index contributed by atoms with van der Waals surface area (Å²) in [5, 5.41) is 0. The summed E-state index contributed by atoms with van der Waals surface area (Å²) in [5.74, 6) is -0.787. The van der Waals surface area contributed by atoms with Crippen LogP contribution in [0.3, 0.4) is 0 Å². The van der Waals surface area contributed by atoms with E-state index in [2.05, 4.69) is 0 Å². The average Bonchev–Trinajstić information content (AvgIpc) is 2.45. The van der Waals surface area contributed by atoms with Crippen LogP contribution in [0, 0.1) is 5.82 Å². The SMILES string of the molecule is COc1ccc(COc2c(N)cccc2C(N)=O)cc1F. The first-order valence-corrected chi connectivity index (χ1v) is 6.16. The zero-order chi connectivity index (χ0) is 15.4. The summed E-state index contributed by atoms with van der Waals surface area (Å²) in [6.07, 6.45) is 0. The van der Waals surface area contributed by atoms with Crippen LogP contribution >= 0.6 is 0 Å². The van der Waals surface area contributed by atoms with Gasteiger partial charge in [-0.25, -0.2) is 4.39 Å². The van der Waals surface area contributed by atoms with Crippen LogP contribution in [0.2, 0.25) is 0 Å². The highest BCUT2D eigenvalue weighted by Gasteiger charge is 2.13. The van der Waals surface area contributed by atoms with Gasteiger partial charge >= 0.3 is 0 Å². The lowest BCUT2D eigenvalue weighted by Gasteiger charge is -2.12. The molecule has 1 amide bonds. The number of hydrogen-bond acceptors (Lipinski definition) is 4. The van der Waals surface area contributed by atoms with Crippen LogP contribution in [0.15, 0.2) is 36.4 Å². The highest BCUT2D eigenvalue weighted by Crippen LogP contribution is 2.27. The summed E-state index contributed by atoms with van der Waals surface area (Å²) in [4.78, 5) is 11.3. The van der Waals surface area contributed by atoms with E-state index in [9.17, 15) is 9.18 Å². The molecule has 21 heavy (non-hydrogen) atoms. The lowest BCUT2D eigenvalue weighted by molar-refractivity contribution is 0.0996. The second kappa shape index (κ2) is 6.13. The fourth-order valence-corrected chi connectivity index (χ4v) is 1.87. The maximum absolute atomic E-state index is 13.6. The number of carbonyl (C=O) groups excluding carboxylic acids is 1. The van der Waals surface area contributed by atoms with Crippen molar-refractivity contribution in [1.29, 1.82) is 0 Å². The lowest BCUT2D eigenvalue weighted by Crippen LogP contribution is -2.14. The predicted octanol–water partition coefficient (Wildman–Crippen LogP) is 2.09. The van der Waals surface area contributed by atoms with Gasteiger partial charge in [0.15, 0.2) is 17.3 Å². The molecule has 0 unspecified atom stereocenters. The third-order valence-electron chi connectivity index (χ3n) is 2.91. The minimum atomic E-state index is -0.641. The quantitative estimate of drug-likeness (QED) is 0.825. The van der Waals surface area contributed by atoms with Gasteiger partial charge < -0.3 is 20.9 Å². The number of anilines is 1. The topological polar surface area (TPSA) is 87.6 Å². The zero-order valence-corrected chi connectivity index (χ0v) is 11.4. The van der Waals surface area contributed by atoms with Crippen LogP contribution < -0.4 is 20.9 Å². The molecule has 0 aromatic heterocycles. The van der Waals surface area contributed by atoms with Crippen molar-refractivity contribution in [2.24, 2.45) is 5.73 Å². The molecule has 0 fully saturated rings. The molecule has 0 atom stereocenters. The van der Waals surface area contributed by atoms with E-state index in [0.717, 1.165) is 0 Å². The normalized spacial score (nSPS) is 10.2. The fraction of sp³-hybridized carbons (Fsp3) is 0.133. The molecule has 0 saturated heterocycles. The van der Waals surface area contributed by atoms with Crippen molar-refractivity contribution in [1.82, 2.24) is 0 Å². The van der Waals surface area contributed by atoms with Crippen molar-refractivity contribution < 1.29 is 18.7 Å². The minimum absolute atomic E-state index is 0.0510. The highest BCUT2D eigenvalue weighted by atomic mass is 19.1. The smallest absolute Gasteiger partial charge is 0.252 e. The number of benzene rings is 2. The fourth-order valence-electron chi connectivity index (χ4n) is 1.87. The van der Waals surface area contributed by atoms with Crippen LogP contribution in [0.5, 0.6) is 11.5 Å². The van der Waals surface area contributed by atoms with E-state index >= 15 is 0 Å². The maximum Gasteiger partial charge on any atom is 0.252 e. The van der Waals surface area contributed by atoms with E-state index in [1.165, 1.54) is 25.3 Å². The molecule has 110 valence electrons. The molecule has 0 heterocycles. The van der Waals surface area contributed by atoms with E-state index in [0.29, 0.717) is 11.3 Å². The molecule has 0 radical (unpaired) electrons. The van der Waals surface area contributed by atoms with Crippen LogP contribution in [0.1, 0.15) is 15.9 Å². The molecular formula is C15H15FN2O3. The Kier molecular flexibility index (Phi) is 4.27. The van der Waals surface area contributed by atoms with Gasteiger partial charge in [-0.1, -0.05) is 12.1 Å². The van der Waals surface area contributed by atoms with Gasteiger partial charge in [0.05, 0.1) is 18.4 Å². The van der Waals surface area contributed by atoms with Crippen molar-refractivity contribution in [3.8, 4) is 11.5 Å². The van der Waals surface area contributed by atoms with Gasteiger partial charge in [0.2, 0.25) is 0 Å². The van der Waals surface area contributed by atoms with Crippen molar-refractivity contribution in [2.45, 2.75) is 6.61 Å². The predicted molar refractivity (Wildman–Crippen MR) is 76.7 cm³/mol. The summed E-state index contributed by atoms with van der Waals surface area (Å²) in [5.41, 5.74) is 12.1. The number of primary amides is 1. The Balaban J connectivity index is 2.20.